The molecule has 2 aromatic rings. The summed E-state index contributed by atoms with van der Waals surface area (Å²) in [6.07, 6.45) is 4.70. The fourth-order valence-electron chi connectivity index (χ4n) is 4.64. The molecule has 4 rings (SSSR count). The lowest BCUT2D eigenvalue weighted by Gasteiger charge is -2.40. The van der Waals surface area contributed by atoms with Gasteiger partial charge < -0.3 is 19.9 Å². The van der Waals surface area contributed by atoms with Gasteiger partial charge in [0, 0.05) is 30.3 Å². The smallest absolute Gasteiger partial charge is 0.399 e. The number of benzene rings is 1. The molecule has 2 N–H and O–H groups in total. The van der Waals surface area contributed by atoms with Crippen LogP contribution in [0.15, 0.2) is 36.7 Å². The zero-order valence-corrected chi connectivity index (χ0v) is 19.3. The van der Waals surface area contributed by atoms with Crippen molar-refractivity contribution >= 4 is 24.4 Å². The summed E-state index contributed by atoms with van der Waals surface area (Å²) in [7, 11) is -0.563. The van der Waals surface area contributed by atoms with Gasteiger partial charge in [-0.3, -0.25) is 4.79 Å². The van der Waals surface area contributed by atoms with Gasteiger partial charge in [0.05, 0.1) is 11.2 Å². The maximum absolute atomic E-state index is 13.4. The second-order valence-corrected chi connectivity index (χ2v) is 9.72. The first-order chi connectivity index (χ1) is 15.0. The van der Waals surface area contributed by atoms with Crippen molar-refractivity contribution in [1.29, 1.82) is 0 Å². The van der Waals surface area contributed by atoms with Gasteiger partial charge in [0.15, 0.2) is 0 Å². The molecular weight excluding hydrogens is 410 g/mol. The van der Waals surface area contributed by atoms with E-state index in [2.05, 4.69) is 9.97 Å². The van der Waals surface area contributed by atoms with Crippen molar-refractivity contribution in [2.75, 3.05) is 11.4 Å². The third-order valence-corrected chi connectivity index (χ3v) is 7.36. The molecule has 2 aliphatic heterocycles. The minimum Gasteiger partial charge on any atom is -0.399 e. The highest BCUT2D eigenvalue weighted by atomic mass is 19.1. The second-order valence-electron chi connectivity index (χ2n) is 9.72. The van der Waals surface area contributed by atoms with Gasteiger partial charge in [-0.05, 0) is 58.2 Å². The Morgan fingerprint density at radius 2 is 1.69 bits per heavy atom. The monoisotopic (exact) mass is 440 g/mol. The van der Waals surface area contributed by atoms with Crippen LogP contribution in [0, 0.1) is 5.82 Å². The van der Waals surface area contributed by atoms with Gasteiger partial charge in [-0.1, -0.05) is 19.1 Å². The van der Waals surface area contributed by atoms with Crippen molar-refractivity contribution < 1.29 is 18.5 Å². The lowest BCUT2D eigenvalue weighted by molar-refractivity contribution is -0.123. The summed E-state index contributed by atoms with van der Waals surface area (Å²) in [4.78, 5) is 23.8. The number of nitrogens with zero attached hydrogens (tertiary/aromatic N) is 3. The van der Waals surface area contributed by atoms with Crippen molar-refractivity contribution in [3.8, 4) is 0 Å². The molecule has 1 aromatic heterocycles. The highest BCUT2D eigenvalue weighted by Gasteiger charge is 2.53. The Bertz CT molecular complexity index is 983. The SMILES string of the molecule is C[C@@H](c1ccc(F)cc1)C1(C(N)=O)CCCN1c1ncc(B2OC(C)(C)C(C)(C)O2)cn1. The van der Waals surface area contributed by atoms with E-state index in [9.17, 15) is 9.18 Å². The van der Waals surface area contributed by atoms with Crippen molar-refractivity contribution in [3.63, 3.8) is 0 Å². The normalized spacial score (nSPS) is 25.2. The lowest BCUT2D eigenvalue weighted by atomic mass is 9.77. The molecule has 0 bridgehead atoms. The van der Waals surface area contributed by atoms with Crippen molar-refractivity contribution in [3.05, 3.63) is 48.0 Å². The number of nitrogens with two attached hydrogens (primary N) is 1. The van der Waals surface area contributed by atoms with Crippen LogP contribution in [0.1, 0.15) is 58.9 Å². The number of primary amides is 1. The minimum absolute atomic E-state index is 0.269. The molecule has 0 saturated carbocycles. The van der Waals surface area contributed by atoms with E-state index >= 15 is 0 Å². The lowest BCUT2D eigenvalue weighted by Crippen LogP contribution is -2.58. The molecule has 170 valence electrons. The van der Waals surface area contributed by atoms with Crippen molar-refractivity contribution in [1.82, 2.24) is 9.97 Å². The van der Waals surface area contributed by atoms with Crippen molar-refractivity contribution in [2.24, 2.45) is 5.73 Å². The van der Waals surface area contributed by atoms with Crippen LogP contribution < -0.4 is 16.1 Å². The maximum Gasteiger partial charge on any atom is 0.498 e. The van der Waals surface area contributed by atoms with Gasteiger partial charge in [-0.25, -0.2) is 14.4 Å². The third kappa shape index (κ3) is 3.57. The fourth-order valence-corrected chi connectivity index (χ4v) is 4.64. The quantitative estimate of drug-likeness (QED) is 0.719. The van der Waals surface area contributed by atoms with E-state index in [4.69, 9.17) is 15.0 Å². The van der Waals surface area contributed by atoms with Crippen LogP contribution in [0.4, 0.5) is 10.3 Å². The van der Waals surface area contributed by atoms with Gasteiger partial charge >= 0.3 is 7.12 Å². The first-order valence-corrected chi connectivity index (χ1v) is 11.0. The molecule has 0 aliphatic carbocycles. The highest BCUT2D eigenvalue weighted by Crippen LogP contribution is 2.43. The Morgan fingerprint density at radius 1 is 1.12 bits per heavy atom. The summed E-state index contributed by atoms with van der Waals surface area (Å²) < 4.78 is 25.6. The number of rotatable bonds is 5. The van der Waals surface area contributed by atoms with Crippen LogP contribution in [-0.2, 0) is 14.1 Å². The topological polar surface area (TPSA) is 90.6 Å². The molecular formula is C23H30BFN4O3. The first-order valence-electron chi connectivity index (χ1n) is 11.0. The molecule has 1 unspecified atom stereocenters. The molecule has 2 aliphatic rings. The summed E-state index contributed by atoms with van der Waals surface area (Å²) in [5.74, 6) is -0.602. The van der Waals surface area contributed by atoms with E-state index in [1.54, 1.807) is 24.5 Å². The van der Waals surface area contributed by atoms with Crippen LogP contribution in [0.5, 0.6) is 0 Å². The number of halogens is 1. The van der Waals surface area contributed by atoms with E-state index in [1.165, 1.54) is 12.1 Å². The number of amides is 1. The average Bonchev–Trinajstić information content (AvgIpc) is 3.27. The molecule has 1 amide bonds. The summed E-state index contributed by atoms with van der Waals surface area (Å²) in [5.41, 5.74) is 5.60. The Morgan fingerprint density at radius 3 is 2.22 bits per heavy atom. The average molecular weight is 440 g/mol. The zero-order valence-electron chi connectivity index (χ0n) is 19.3. The Balaban J connectivity index is 1.63. The predicted molar refractivity (Wildman–Crippen MR) is 121 cm³/mol. The number of aromatic nitrogens is 2. The van der Waals surface area contributed by atoms with E-state index in [1.807, 2.05) is 39.5 Å². The largest absolute Gasteiger partial charge is 0.498 e. The Labute approximate surface area is 188 Å². The van der Waals surface area contributed by atoms with Gasteiger partial charge in [-0.2, -0.15) is 0 Å². The molecule has 2 fully saturated rings. The van der Waals surface area contributed by atoms with Crippen LogP contribution in [0.25, 0.3) is 0 Å². The van der Waals surface area contributed by atoms with Gasteiger partial charge in [0.2, 0.25) is 11.9 Å². The van der Waals surface area contributed by atoms with E-state index in [-0.39, 0.29) is 11.7 Å². The standard InChI is InChI=1S/C23H30BFN4O3/c1-15(16-7-9-18(25)10-8-16)23(19(26)30)11-6-12-29(23)20-27-13-17(14-28-20)24-31-21(2,3)22(4,5)32-24/h7-10,13-15H,6,11-12H2,1-5H3,(H2,26,30)/t15-,23?/m0/s1. The molecule has 2 saturated heterocycles. The maximum atomic E-state index is 13.4. The summed E-state index contributed by atoms with van der Waals surface area (Å²) in [6.45, 7) is 10.5. The number of anilines is 1. The third-order valence-electron chi connectivity index (χ3n) is 7.36. The number of carbonyl (C=O) groups is 1. The first kappa shape index (κ1) is 22.7. The summed E-state index contributed by atoms with van der Waals surface area (Å²) in [6, 6.07) is 6.19. The molecule has 0 radical (unpaired) electrons. The minimum atomic E-state index is -0.996. The Kier molecular flexibility index (Phi) is 5.53. The van der Waals surface area contributed by atoms with Crippen molar-refractivity contribution in [2.45, 2.75) is 70.1 Å². The zero-order chi connectivity index (χ0) is 23.3. The molecule has 1 aromatic carbocycles. The molecule has 0 spiro atoms. The van der Waals surface area contributed by atoms with E-state index in [0.717, 1.165) is 12.0 Å². The summed E-state index contributed by atoms with van der Waals surface area (Å²) >= 11 is 0. The number of carbonyl (C=O) groups excluding carboxylic acids is 1. The predicted octanol–water partition coefficient (Wildman–Crippen LogP) is 2.54. The van der Waals surface area contributed by atoms with E-state index < -0.39 is 29.8 Å². The molecule has 32 heavy (non-hydrogen) atoms. The number of hydrogen-bond donors (Lipinski definition) is 1. The highest BCUT2D eigenvalue weighted by molar-refractivity contribution is 6.61. The van der Waals surface area contributed by atoms with Gasteiger partial charge in [0.1, 0.15) is 11.4 Å². The second kappa shape index (κ2) is 7.81. The van der Waals surface area contributed by atoms with Gasteiger partial charge in [-0.15, -0.1) is 0 Å². The molecule has 7 nitrogen and oxygen atoms in total. The fraction of sp³-hybridized carbons (Fsp3) is 0.522. The molecule has 9 heteroatoms. The number of hydrogen-bond acceptors (Lipinski definition) is 6. The van der Waals surface area contributed by atoms with Crippen LogP contribution in [0.3, 0.4) is 0 Å². The van der Waals surface area contributed by atoms with Crippen LogP contribution in [-0.4, -0.2) is 46.3 Å². The van der Waals surface area contributed by atoms with Crippen LogP contribution >= 0.6 is 0 Å². The van der Waals surface area contributed by atoms with Gasteiger partial charge in [0.25, 0.3) is 0 Å². The summed E-state index contributed by atoms with van der Waals surface area (Å²) in [5, 5.41) is 0. The molecule has 2 atom stereocenters. The Hall–Kier alpha value is -2.52. The van der Waals surface area contributed by atoms with E-state index in [0.29, 0.717) is 24.4 Å². The van der Waals surface area contributed by atoms with Crippen LogP contribution in [0.2, 0.25) is 0 Å². The molecule has 3 heterocycles.